The van der Waals surface area contributed by atoms with Crippen LogP contribution < -0.4 is 14.4 Å². The number of benzene rings is 2. The minimum Gasteiger partial charge on any atom is -0.495 e. The minimum atomic E-state index is -4.01. The van der Waals surface area contributed by atoms with E-state index in [9.17, 15) is 17.6 Å². The molecular formula is C22H22FN3O5S2. The Balaban J connectivity index is 1.51. The van der Waals surface area contributed by atoms with E-state index < -0.39 is 16.0 Å². The molecule has 3 aromatic rings. The highest BCUT2D eigenvalue weighted by molar-refractivity contribution is 7.92. The predicted molar refractivity (Wildman–Crippen MR) is 123 cm³/mol. The summed E-state index contributed by atoms with van der Waals surface area (Å²) in [7, 11) is -2.69. The summed E-state index contributed by atoms with van der Waals surface area (Å²) in [4.78, 5) is 17.5. The Labute approximate surface area is 194 Å². The lowest BCUT2D eigenvalue weighted by Gasteiger charge is -2.32. The standard InChI is InChI=1S/C22H22FN3O5S2/c1-31-19-11-15(21(27)28)6-9-18(19)25-33(29,30)20-13-32-22(24-20)26-10-2-3-16(12-26)14-4-7-17(23)8-5-14/h4-9,11,13,16,25H,2-3,10,12H2,1H3,(H,27,28). The first-order chi connectivity index (χ1) is 15.8. The Morgan fingerprint density at radius 2 is 2.03 bits per heavy atom. The molecular weight excluding hydrogens is 469 g/mol. The molecule has 1 fully saturated rings. The van der Waals surface area contributed by atoms with Gasteiger partial charge in [0, 0.05) is 24.4 Å². The number of aromatic nitrogens is 1. The first-order valence-corrected chi connectivity index (χ1v) is 12.5. The number of carbonyl (C=O) groups is 1. The van der Waals surface area contributed by atoms with Crippen molar-refractivity contribution in [2.24, 2.45) is 0 Å². The topological polar surface area (TPSA) is 109 Å². The summed E-state index contributed by atoms with van der Waals surface area (Å²) in [5.41, 5.74) is 1.14. The number of anilines is 2. The number of carboxylic acid groups (broad SMARTS) is 1. The predicted octanol–water partition coefficient (Wildman–Crippen LogP) is 4.17. The summed E-state index contributed by atoms with van der Waals surface area (Å²) in [6, 6.07) is 10.3. The van der Waals surface area contributed by atoms with Crippen LogP contribution in [-0.4, -0.2) is 44.7 Å². The SMILES string of the molecule is COc1cc(C(=O)O)ccc1NS(=O)(=O)c1csc(N2CCCC(c3ccc(F)cc3)C2)n1. The number of ether oxygens (including phenoxy) is 1. The third kappa shape index (κ3) is 5.09. The van der Waals surface area contributed by atoms with Gasteiger partial charge in [0.05, 0.1) is 18.4 Å². The highest BCUT2D eigenvalue weighted by Gasteiger charge is 2.26. The number of carboxylic acids is 1. The van der Waals surface area contributed by atoms with Crippen molar-refractivity contribution in [3.63, 3.8) is 0 Å². The van der Waals surface area contributed by atoms with Crippen molar-refractivity contribution in [1.82, 2.24) is 4.98 Å². The van der Waals surface area contributed by atoms with E-state index in [1.165, 1.54) is 54.2 Å². The van der Waals surface area contributed by atoms with Crippen LogP contribution in [0.5, 0.6) is 5.75 Å². The molecule has 2 N–H and O–H groups in total. The van der Waals surface area contributed by atoms with Gasteiger partial charge < -0.3 is 14.7 Å². The van der Waals surface area contributed by atoms with Crippen LogP contribution in [0.15, 0.2) is 52.9 Å². The number of aromatic carboxylic acids is 1. The van der Waals surface area contributed by atoms with Crippen molar-refractivity contribution in [2.45, 2.75) is 23.8 Å². The number of nitrogens with one attached hydrogen (secondary N) is 1. The Kier molecular flexibility index (Phi) is 6.52. The molecule has 0 radical (unpaired) electrons. The number of piperidine rings is 1. The van der Waals surface area contributed by atoms with E-state index in [4.69, 9.17) is 9.84 Å². The van der Waals surface area contributed by atoms with Crippen molar-refractivity contribution in [2.75, 3.05) is 29.8 Å². The summed E-state index contributed by atoms with van der Waals surface area (Å²) in [6.07, 6.45) is 1.88. The number of hydrogen-bond donors (Lipinski definition) is 2. The van der Waals surface area contributed by atoms with Gasteiger partial charge in [-0.25, -0.2) is 14.2 Å². The summed E-state index contributed by atoms with van der Waals surface area (Å²) >= 11 is 1.24. The summed E-state index contributed by atoms with van der Waals surface area (Å²) in [5.74, 6) is -1.12. The van der Waals surface area contributed by atoms with Gasteiger partial charge in [-0.3, -0.25) is 4.72 Å². The maximum Gasteiger partial charge on any atom is 0.335 e. The van der Waals surface area contributed by atoms with Crippen molar-refractivity contribution >= 4 is 38.1 Å². The molecule has 174 valence electrons. The molecule has 1 aromatic heterocycles. The van der Waals surface area contributed by atoms with Gasteiger partial charge in [0.2, 0.25) is 0 Å². The molecule has 0 saturated carbocycles. The maximum absolute atomic E-state index is 13.3. The van der Waals surface area contributed by atoms with Gasteiger partial charge in [0.25, 0.3) is 10.0 Å². The highest BCUT2D eigenvalue weighted by Crippen LogP contribution is 2.33. The van der Waals surface area contributed by atoms with Gasteiger partial charge in [-0.1, -0.05) is 12.1 Å². The number of nitrogens with zero attached hydrogens (tertiary/aromatic N) is 2. The fourth-order valence-electron chi connectivity index (χ4n) is 3.78. The summed E-state index contributed by atoms with van der Waals surface area (Å²) in [6.45, 7) is 1.42. The zero-order valence-electron chi connectivity index (χ0n) is 17.7. The first kappa shape index (κ1) is 23.0. The highest BCUT2D eigenvalue weighted by atomic mass is 32.2. The van der Waals surface area contributed by atoms with Crippen molar-refractivity contribution in [3.05, 3.63) is 64.8 Å². The van der Waals surface area contributed by atoms with E-state index in [2.05, 4.69) is 9.71 Å². The fourth-order valence-corrected chi connectivity index (χ4v) is 5.99. The Morgan fingerprint density at radius 3 is 2.73 bits per heavy atom. The lowest BCUT2D eigenvalue weighted by molar-refractivity contribution is 0.0696. The minimum absolute atomic E-state index is 0.0217. The normalized spacial score (nSPS) is 16.4. The van der Waals surface area contributed by atoms with E-state index >= 15 is 0 Å². The molecule has 1 aliphatic rings. The van der Waals surface area contributed by atoms with Crippen LogP contribution in [0.4, 0.5) is 15.2 Å². The molecule has 8 nitrogen and oxygen atoms in total. The van der Waals surface area contributed by atoms with Crippen LogP contribution in [0.25, 0.3) is 0 Å². The number of rotatable bonds is 7. The molecule has 1 saturated heterocycles. The molecule has 1 aliphatic heterocycles. The molecule has 33 heavy (non-hydrogen) atoms. The van der Waals surface area contributed by atoms with E-state index in [1.807, 2.05) is 4.90 Å². The average molecular weight is 492 g/mol. The third-order valence-corrected chi connectivity index (χ3v) is 7.77. The van der Waals surface area contributed by atoms with E-state index in [1.54, 1.807) is 12.1 Å². The smallest absolute Gasteiger partial charge is 0.335 e. The molecule has 2 aromatic carbocycles. The number of methoxy groups -OCH3 is 1. The van der Waals surface area contributed by atoms with Gasteiger partial charge in [-0.15, -0.1) is 11.3 Å². The lowest BCUT2D eigenvalue weighted by atomic mass is 9.91. The molecule has 2 heterocycles. The molecule has 4 rings (SSSR count). The molecule has 0 spiro atoms. The van der Waals surface area contributed by atoms with Gasteiger partial charge in [0.15, 0.2) is 10.2 Å². The maximum atomic E-state index is 13.3. The molecule has 0 bridgehead atoms. The third-order valence-electron chi connectivity index (χ3n) is 5.47. The number of halogens is 1. The van der Waals surface area contributed by atoms with Crippen molar-refractivity contribution in [1.29, 1.82) is 0 Å². The Morgan fingerprint density at radius 1 is 1.27 bits per heavy atom. The fraction of sp³-hybridized carbons (Fsp3) is 0.273. The number of hydrogen-bond acceptors (Lipinski definition) is 7. The van der Waals surface area contributed by atoms with Crippen LogP contribution in [-0.2, 0) is 10.0 Å². The molecule has 11 heteroatoms. The van der Waals surface area contributed by atoms with Gasteiger partial charge >= 0.3 is 5.97 Å². The molecule has 0 amide bonds. The van der Waals surface area contributed by atoms with Crippen LogP contribution in [0.1, 0.15) is 34.7 Å². The zero-order chi connectivity index (χ0) is 23.6. The van der Waals surface area contributed by atoms with E-state index in [0.717, 1.165) is 24.9 Å². The van der Waals surface area contributed by atoms with Gasteiger partial charge in [0.1, 0.15) is 11.6 Å². The van der Waals surface area contributed by atoms with Gasteiger partial charge in [-0.2, -0.15) is 8.42 Å². The van der Waals surface area contributed by atoms with Crippen molar-refractivity contribution in [3.8, 4) is 5.75 Å². The first-order valence-electron chi connectivity index (χ1n) is 10.2. The Hall–Kier alpha value is -3.18. The van der Waals surface area contributed by atoms with Crippen molar-refractivity contribution < 1.29 is 27.4 Å². The molecule has 1 atom stereocenters. The van der Waals surface area contributed by atoms with Crippen LogP contribution >= 0.6 is 11.3 Å². The molecule has 1 unspecified atom stereocenters. The van der Waals surface area contributed by atoms with Crippen LogP contribution in [0.2, 0.25) is 0 Å². The average Bonchev–Trinajstić information content (AvgIpc) is 3.31. The molecule has 0 aliphatic carbocycles. The lowest BCUT2D eigenvalue weighted by Crippen LogP contribution is -2.34. The second-order valence-corrected chi connectivity index (χ2v) is 10.1. The van der Waals surface area contributed by atoms with Crippen LogP contribution in [0, 0.1) is 5.82 Å². The zero-order valence-corrected chi connectivity index (χ0v) is 19.3. The summed E-state index contributed by atoms with van der Waals surface area (Å²) in [5, 5.41) is 11.0. The van der Waals surface area contributed by atoms with Gasteiger partial charge in [-0.05, 0) is 48.7 Å². The number of thiazole rings is 1. The second-order valence-electron chi connectivity index (χ2n) is 7.63. The summed E-state index contributed by atoms with van der Waals surface area (Å²) < 4.78 is 46.6. The van der Waals surface area contributed by atoms with Crippen LogP contribution in [0.3, 0.4) is 0 Å². The monoisotopic (exact) mass is 491 g/mol. The number of sulfonamides is 1. The largest absolute Gasteiger partial charge is 0.495 e. The quantitative estimate of drug-likeness (QED) is 0.510. The van der Waals surface area contributed by atoms with E-state index in [0.29, 0.717) is 11.7 Å². The Bertz CT molecular complexity index is 1260. The van der Waals surface area contributed by atoms with E-state index in [-0.39, 0.29) is 33.8 Å². The second kappa shape index (κ2) is 9.36.